The first kappa shape index (κ1) is 26.6. The number of alkyl halides is 3. The monoisotopic (exact) mass is 536 g/mol. The third-order valence-electron chi connectivity index (χ3n) is 5.85. The maximum Gasteiger partial charge on any atom is 0.425 e. The summed E-state index contributed by atoms with van der Waals surface area (Å²) in [5.74, 6) is -3.38. The Morgan fingerprint density at radius 3 is 2.45 bits per heavy atom. The number of nitrogens with zero attached hydrogens (tertiary/aromatic N) is 1. The first-order valence-corrected chi connectivity index (χ1v) is 11.5. The number of anilines is 1. The Bertz CT molecular complexity index is 1480. The number of carbonyl (C=O) groups is 2. The Morgan fingerprint density at radius 1 is 1.11 bits per heavy atom. The van der Waals surface area contributed by atoms with Crippen LogP contribution >= 0.6 is 0 Å². The molecule has 2 amide bonds. The van der Waals surface area contributed by atoms with Crippen molar-refractivity contribution in [2.24, 2.45) is 0 Å². The van der Waals surface area contributed by atoms with Gasteiger partial charge in [-0.05, 0) is 50.1 Å². The molecule has 0 saturated carbocycles. The third-order valence-corrected chi connectivity index (χ3v) is 5.85. The Hall–Kier alpha value is -4.49. The standard InChI is InChI=1S/C24H23F3N4O7/c1-3-36-14-8-7-13(12-16(14)37-4-2)9-10-31-18-17(20(33)29-22(31)35)23(21(34)28-18,24(25,26)27)30-19(32)15-6-5-11-38-15/h5-8,11-12H,3-4,9-10H2,1-2H3,(H,28,34)(H,30,32)(H,29,33,35)/t23-/m1/s1. The molecule has 0 fully saturated rings. The van der Waals surface area contributed by atoms with E-state index in [0.717, 1.165) is 16.9 Å². The molecule has 38 heavy (non-hydrogen) atoms. The number of fused-ring (bicyclic) bond motifs is 1. The molecule has 0 saturated heterocycles. The van der Waals surface area contributed by atoms with E-state index in [4.69, 9.17) is 13.9 Å². The number of amides is 2. The number of furan rings is 1. The zero-order valence-corrected chi connectivity index (χ0v) is 20.2. The molecule has 0 bridgehead atoms. The maximum atomic E-state index is 14.5. The summed E-state index contributed by atoms with van der Waals surface area (Å²) in [5, 5.41) is 3.59. The highest BCUT2D eigenvalue weighted by atomic mass is 19.4. The number of aromatic nitrogens is 2. The number of aryl methyl sites for hydroxylation is 1. The number of hydrogen-bond acceptors (Lipinski definition) is 7. The van der Waals surface area contributed by atoms with Gasteiger partial charge in [-0.15, -0.1) is 0 Å². The number of carbonyl (C=O) groups excluding carboxylic acids is 2. The quantitative estimate of drug-likeness (QED) is 0.381. The number of aromatic amines is 1. The minimum Gasteiger partial charge on any atom is -0.490 e. The fourth-order valence-corrected chi connectivity index (χ4v) is 4.17. The van der Waals surface area contributed by atoms with Gasteiger partial charge in [0.1, 0.15) is 11.4 Å². The van der Waals surface area contributed by atoms with Crippen LogP contribution in [0.15, 0.2) is 50.6 Å². The second kappa shape index (κ2) is 10.1. The van der Waals surface area contributed by atoms with E-state index in [0.29, 0.717) is 30.3 Å². The summed E-state index contributed by atoms with van der Waals surface area (Å²) in [4.78, 5) is 52.5. The van der Waals surface area contributed by atoms with Crippen LogP contribution in [0.2, 0.25) is 0 Å². The molecule has 2 aromatic heterocycles. The van der Waals surface area contributed by atoms with E-state index in [1.807, 2.05) is 10.3 Å². The van der Waals surface area contributed by atoms with E-state index >= 15 is 0 Å². The van der Waals surface area contributed by atoms with Crippen LogP contribution in [0.25, 0.3) is 0 Å². The maximum absolute atomic E-state index is 14.5. The average Bonchev–Trinajstić information content (AvgIpc) is 3.48. The number of rotatable bonds is 9. The summed E-state index contributed by atoms with van der Waals surface area (Å²) < 4.78 is 60.1. The third kappa shape index (κ3) is 4.53. The summed E-state index contributed by atoms with van der Waals surface area (Å²) in [6, 6.07) is 7.36. The van der Waals surface area contributed by atoms with E-state index in [9.17, 15) is 32.3 Å². The van der Waals surface area contributed by atoms with E-state index in [1.54, 1.807) is 37.4 Å². The molecule has 1 atom stereocenters. The molecule has 11 nitrogen and oxygen atoms in total. The summed E-state index contributed by atoms with van der Waals surface area (Å²) >= 11 is 0. The van der Waals surface area contributed by atoms with Crippen molar-refractivity contribution in [1.82, 2.24) is 14.9 Å². The van der Waals surface area contributed by atoms with Gasteiger partial charge in [-0.3, -0.25) is 23.9 Å². The van der Waals surface area contributed by atoms with Gasteiger partial charge in [-0.1, -0.05) is 6.07 Å². The normalized spacial score (nSPS) is 16.6. The molecular weight excluding hydrogens is 513 g/mol. The van der Waals surface area contributed by atoms with Gasteiger partial charge in [0.2, 0.25) is 0 Å². The SMILES string of the molecule is CCOc1ccc(CCn2c3c(c(=O)[nH]c2=O)[C@](NC(=O)c2ccco2)(C(F)(F)F)C(=O)N3)cc1OCC. The minimum atomic E-state index is -5.46. The first-order chi connectivity index (χ1) is 18.0. The number of hydrogen-bond donors (Lipinski definition) is 3. The first-order valence-electron chi connectivity index (χ1n) is 11.5. The Kier molecular flexibility index (Phi) is 7.07. The largest absolute Gasteiger partial charge is 0.490 e. The lowest BCUT2D eigenvalue weighted by atomic mass is 9.91. The second-order valence-corrected chi connectivity index (χ2v) is 8.16. The minimum absolute atomic E-state index is 0.110. The topological polar surface area (TPSA) is 145 Å². The highest BCUT2D eigenvalue weighted by Gasteiger charge is 2.68. The molecule has 3 heterocycles. The van der Waals surface area contributed by atoms with Crippen LogP contribution in [0.1, 0.15) is 35.5 Å². The number of nitrogens with one attached hydrogen (secondary N) is 3. The van der Waals surface area contributed by atoms with E-state index < -0.39 is 51.9 Å². The zero-order valence-electron chi connectivity index (χ0n) is 20.2. The van der Waals surface area contributed by atoms with Crippen LogP contribution in [0, 0.1) is 0 Å². The van der Waals surface area contributed by atoms with Crippen molar-refractivity contribution < 1.29 is 36.7 Å². The van der Waals surface area contributed by atoms with Crippen LogP contribution in [-0.4, -0.2) is 40.8 Å². The summed E-state index contributed by atoms with van der Waals surface area (Å²) in [7, 11) is 0. The van der Waals surface area contributed by atoms with Gasteiger partial charge in [0, 0.05) is 6.54 Å². The van der Waals surface area contributed by atoms with Gasteiger partial charge < -0.3 is 24.5 Å². The summed E-state index contributed by atoms with van der Waals surface area (Å²) in [5.41, 5.74) is -6.80. The predicted molar refractivity (Wildman–Crippen MR) is 126 cm³/mol. The lowest BCUT2D eigenvalue weighted by Crippen LogP contribution is -2.62. The molecule has 3 N–H and O–H groups in total. The summed E-state index contributed by atoms with van der Waals surface area (Å²) in [6.45, 7) is 4.12. The van der Waals surface area contributed by atoms with Crippen molar-refractivity contribution in [3.63, 3.8) is 0 Å². The molecule has 1 aliphatic heterocycles. The number of H-pyrrole nitrogens is 1. The Labute approximate surface area is 212 Å². The average molecular weight is 536 g/mol. The van der Waals surface area contributed by atoms with Crippen molar-refractivity contribution in [2.75, 3.05) is 18.5 Å². The van der Waals surface area contributed by atoms with Crippen LogP contribution in [0.3, 0.4) is 0 Å². The molecular formula is C24H23F3N4O7. The predicted octanol–water partition coefficient (Wildman–Crippen LogP) is 2.31. The molecule has 0 radical (unpaired) electrons. The molecule has 0 unspecified atom stereocenters. The van der Waals surface area contributed by atoms with Crippen LogP contribution < -0.4 is 31.4 Å². The van der Waals surface area contributed by atoms with Gasteiger partial charge in [0.15, 0.2) is 17.3 Å². The molecule has 1 aliphatic rings. The van der Waals surface area contributed by atoms with Crippen molar-refractivity contribution in [3.8, 4) is 11.5 Å². The molecule has 4 rings (SSSR count). The summed E-state index contributed by atoms with van der Waals surface area (Å²) in [6.07, 6.45) is -4.29. The van der Waals surface area contributed by atoms with Gasteiger partial charge in [-0.2, -0.15) is 13.2 Å². The van der Waals surface area contributed by atoms with E-state index in [-0.39, 0.29) is 13.0 Å². The van der Waals surface area contributed by atoms with Crippen LogP contribution in [0.4, 0.5) is 19.0 Å². The van der Waals surface area contributed by atoms with Gasteiger partial charge in [-0.25, -0.2) is 4.79 Å². The molecule has 3 aromatic rings. The van der Waals surface area contributed by atoms with Crippen molar-refractivity contribution in [3.05, 3.63) is 74.3 Å². The highest BCUT2D eigenvalue weighted by Crippen LogP contribution is 2.45. The van der Waals surface area contributed by atoms with Crippen LogP contribution in [0.5, 0.6) is 11.5 Å². The molecule has 0 spiro atoms. The van der Waals surface area contributed by atoms with Crippen molar-refractivity contribution >= 4 is 17.6 Å². The lowest BCUT2D eigenvalue weighted by Gasteiger charge is -2.29. The molecule has 1 aromatic carbocycles. The zero-order chi connectivity index (χ0) is 27.7. The van der Waals surface area contributed by atoms with Gasteiger partial charge in [0.05, 0.1) is 19.5 Å². The number of benzene rings is 1. The number of halogens is 3. The van der Waals surface area contributed by atoms with Gasteiger partial charge in [0.25, 0.3) is 22.9 Å². The molecule has 14 heteroatoms. The smallest absolute Gasteiger partial charge is 0.425 e. The number of ether oxygens (including phenoxy) is 2. The van der Waals surface area contributed by atoms with Crippen LogP contribution in [-0.2, 0) is 23.3 Å². The highest BCUT2D eigenvalue weighted by molar-refractivity contribution is 6.08. The fourth-order valence-electron chi connectivity index (χ4n) is 4.17. The molecule has 0 aliphatic carbocycles. The van der Waals surface area contributed by atoms with Crippen molar-refractivity contribution in [1.29, 1.82) is 0 Å². The van der Waals surface area contributed by atoms with Crippen molar-refractivity contribution in [2.45, 2.75) is 38.5 Å². The van der Waals surface area contributed by atoms with E-state index in [2.05, 4.69) is 0 Å². The van der Waals surface area contributed by atoms with E-state index in [1.165, 1.54) is 6.07 Å². The van der Waals surface area contributed by atoms with Gasteiger partial charge >= 0.3 is 11.9 Å². The Balaban J connectivity index is 1.75. The Morgan fingerprint density at radius 2 is 1.82 bits per heavy atom. The lowest BCUT2D eigenvalue weighted by molar-refractivity contribution is -0.196. The fraction of sp³-hybridized carbons (Fsp3) is 0.333. The second-order valence-electron chi connectivity index (χ2n) is 8.16. The molecule has 202 valence electrons.